The number of rotatable bonds is 3. The Morgan fingerprint density at radius 2 is 2.11 bits per heavy atom. The molecule has 0 atom stereocenters. The van der Waals surface area contributed by atoms with Crippen molar-refractivity contribution in [3.05, 3.63) is 41.7 Å². The van der Waals surface area contributed by atoms with Crippen LogP contribution in [0.4, 0.5) is 0 Å². The molecule has 0 aliphatic carbocycles. The molecule has 19 heavy (non-hydrogen) atoms. The van der Waals surface area contributed by atoms with E-state index in [1.807, 2.05) is 31.3 Å². The Balaban J connectivity index is 1.86. The SMILES string of the molecule is Cc1nnc(C2CCNCC2)n1Cc1ccccn1. The molecule has 3 rings (SSSR count). The average molecular weight is 257 g/mol. The van der Waals surface area contributed by atoms with E-state index in [1.165, 1.54) is 0 Å². The van der Waals surface area contributed by atoms with E-state index < -0.39 is 0 Å². The molecule has 1 aliphatic rings. The molecule has 100 valence electrons. The Morgan fingerprint density at radius 3 is 2.84 bits per heavy atom. The lowest BCUT2D eigenvalue weighted by Gasteiger charge is -2.22. The minimum Gasteiger partial charge on any atom is -0.317 e. The van der Waals surface area contributed by atoms with Gasteiger partial charge in [-0.25, -0.2) is 0 Å². The molecule has 1 N–H and O–H groups in total. The zero-order valence-electron chi connectivity index (χ0n) is 11.2. The lowest BCUT2D eigenvalue weighted by atomic mass is 9.97. The van der Waals surface area contributed by atoms with E-state index in [4.69, 9.17) is 0 Å². The van der Waals surface area contributed by atoms with Crippen molar-refractivity contribution in [3.63, 3.8) is 0 Å². The first-order valence-corrected chi connectivity index (χ1v) is 6.85. The number of nitrogens with zero attached hydrogens (tertiary/aromatic N) is 4. The molecule has 0 saturated carbocycles. The van der Waals surface area contributed by atoms with E-state index in [0.717, 1.165) is 49.8 Å². The fourth-order valence-electron chi connectivity index (χ4n) is 2.63. The molecule has 1 saturated heterocycles. The van der Waals surface area contributed by atoms with Gasteiger partial charge in [-0.2, -0.15) is 0 Å². The zero-order valence-corrected chi connectivity index (χ0v) is 11.2. The van der Waals surface area contributed by atoms with Crippen molar-refractivity contribution >= 4 is 0 Å². The normalized spacial score (nSPS) is 16.7. The van der Waals surface area contributed by atoms with Crippen molar-refractivity contribution in [2.75, 3.05) is 13.1 Å². The third-order valence-corrected chi connectivity index (χ3v) is 3.71. The summed E-state index contributed by atoms with van der Waals surface area (Å²) >= 11 is 0. The highest BCUT2D eigenvalue weighted by atomic mass is 15.3. The minimum atomic E-state index is 0.520. The first kappa shape index (κ1) is 12.3. The fraction of sp³-hybridized carbons (Fsp3) is 0.500. The van der Waals surface area contributed by atoms with Crippen LogP contribution in [0.1, 0.15) is 36.1 Å². The summed E-state index contributed by atoms with van der Waals surface area (Å²) in [6.07, 6.45) is 4.11. The number of nitrogens with one attached hydrogen (secondary N) is 1. The maximum Gasteiger partial charge on any atom is 0.136 e. The third-order valence-electron chi connectivity index (χ3n) is 3.71. The second kappa shape index (κ2) is 5.48. The maximum absolute atomic E-state index is 4.39. The third kappa shape index (κ3) is 2.66. The molecule has 2 aromatic rings. The van der Waals surface area contributed by atoms with E-state index in [1.54, 1.807) is 0 Å². The van der Waals surface area contributed by atoms with E-state index in [0.29, 0.717) is 5.92 Å². The summed E-state index contributed by atoms with van der Waals surface area (Å²) in [5.41, 5.74) is 1.06. The van der Waals surface area contributed by atoms with Crippen LogP contribution in [0.3, 0.4) is 0 Å². The molecule has 0 radical (unpaired) electrons. The highest BCUT2D eigenvalue weighted by molar-refractivity contribution is 5.09. The predicted molar refractivity (Wildman–Crippen MR) is 72.9 cm³/mol. The first-order valence-electron chi connectivity index (χ1n) is 6.85. The molecule has 0 aromatic carbocycles. The van der Waals surface area contributed by atoms with Gasteiger partial charge in [0, 0.05) is 12.1 Å². The van der Waals surface area contributed by atoms with Crippen LogP contribution in [0.5, 0.6) is 0 Å². The van der Waals surface area contributed by atoms with Crippen LogP contribution < -0.4 is 5.32 Å². The molecule has 2 aromatic heterocycles. The highest BCUT2D eigenvalue weighted by Crippen LogP contribution is 2.24. The summed E-state index contributed by atoms with van der Waals surface area (Å²) in [6.45, 7) is 4.92. The zero-order chi connectivity index (χ0) is 13.1. The summed E-state index contributed by atoms with van der Waals surface area (Å²) in [4.78, 5) is 4.39. The van der Waals surface area contributed by atoms with Gasteiger partial charge in [0.15, 0.2) is 0 Å². The van der Waals surface area contributed by atoms with Gasteiger partial charge < -0.3 is 9.88 Å². The average Bonchev–Trinajstić information content (AvgIpc) is 2.82. The van der Waals surface area contributed by atoms with Gasteiger partial charge >= 0.3 is 0 Å². The van der Waals surface area contributed by atoms with Crippen LogP contribution in [-0.4, -0.2) is 32.8 Å². The second-order valence-electron chi connectivity index (χ2n) is 5.04. The Morgan fingerprint density at radius 1 is 1.26 bits per heavy atom. The molecule has 0 spiro atoms. The van der Waals surface area contributed by atoms with Gasteiger partial charge in [0.25, 0.3) is 0 Å². The Labute approximate surface area is 113 Å². The van der Waals surface area contributed by atoms with Crippen molar-refractivity contribution in [1.29, 1.82) is 0 Å². The van der Waals surface area contributed by atoms with Gasteiger partial charge in [-0.3, -0.25) is 4.98 Å². The topological polar surface area (TPSA) is 55.6 Å². The maximum atomic E-state index is 4.39. The lowest BCUT2D eigenvalue weighted by Crippen LogP contribution is -2.28. The van der Waals surface area contributed by atoms with Crippen molar-refractivity contribution in [2.45, 2.75) is 32.2 Å². The summed E-state index contributed by atoms with van der Waals surface area (Å²) in [7, 11) is 0. The van der Waals surface area contributed by atoms with Crippen molar-refractivity contribution in [2.24, 2.45) is 0 Å². The molecule has 5 nitrogen and oxygen atoms in total. The Bertz CT molecular complexity index is 528. The van der Waals surface area contributed by atoms with Gasteiger partial charge in [-0.05, 0) is 45.0 Å². The second-order valence-corrected chi connectivity index (χ2v) is 5.04. The largest absolute Gasteiger partial charge is 0.317 e. The quantitative estimate of drug-likeness (QED) is 0.905. The summed E-state index contributed by atoms with van der Waals surface area (Å²) in [5, 5.41) is 12.0. The molecule has 0 bridgehead atoms. The van der Waals surface area contributed by atoms with Crippen molar-refractivity contribution in [3.8, 4) is 0 Å². The standard InChI is InChI=1S/C14H19N5/c1-11-17-18-14(12-5-8-15-9-6-12)19(11)10-13-4-2-3-7-16-13/h2-4,7,12,15H,5-6,8-10H2,1H3. The van der Waals surface area contributed by atoms with E-state index in [9.17, 15) is 0 Å². The van der Waals surface area contributed by atoms with Crippen LogP contribution in [0.2, 0.25) is 0 Å². The van der Waals surface area contributed by atoms with Gasteiger partial charge in [-0.15, -0.1) is 10.2 Å². The van der Waals surface area contributed by atoms with Gasteiger partial charge in [0.2, 0.25) is 0 Å². The van der Waals surface area contributed by atoms with Crippen LogP contribution in [0.15, 0.2) is 24.4 Å². The summed E-state index contributed by atoms with van der Waals surface area (Å²) in [6, 6.07) is 6.01. The predicted octanol–water partition coefficient (Wildman–Crippen LogP) is 1.50. The van der Waals surface area contributed by atoms with Crippen LogP contribution >= 0.6 is 0 Å². The van der Waals surface area contributed by atoms with Gasteiger partial charge in [0.05, 0.1) is 12.2 Å². The van der Waals surface area contributed by atoms with Gasteiger partial charge in [-0.1, -0.05) is 6.07 Å². The smallest absolute Gasteiger partial charge is 0.136 e. The van der Waals surface area contributed by atoms with Crippen LogP contribution in [0.25, 0.3) is 0 Å². The van der Waals surface area contributed by atoms with E-state index in [2.05, 4.69) is 25.1 Å². The first-order chi connectivity index (χ1) is 9.34. The lowest BCUT2D eigenvalue weighted by molar-refractivity contribution is 0.432. The van der Waals surface area contributed by atoms with Crippen molar-refractivity contribution < 1.29 is 0 Å². The van der Waals surface area contributed by atoms with E-state index in [-0.39, 0.29) is 0 Å². The summed E-state index contributed by atoms with van der Waals surface area (Å²) < 4.78 is 2.21. The molecule has 5 heteroatoms. The van der Waals surface area contributed by atoms with E-state index >= 15 is 0 Å². The number of piperidine rings is 1. The monoisotopic (exact) mass is 257 g/mol. The molecular formula is C14H19N5. The number of pyridine rings is 1. The Hall–Kier alpha value is -1.75. The van der Waals surface area contributed by atoms with Crippen LogP contribution in [0, 0.1) is 6.92 Å². The summed E-state index contributed by atoms with van der Waals surface area (Å²) in [5.74, 6) is 2.61. The highest BCUT2D eigenvalue weighted by Gasteiger charge is 2.22. The number of aryl methyl sites for hydroxylation is 1. The molecule has 0 unspecified atom stereocenters. The van der Waals surface area contributed by atoms with Gasteiger partial charge in [0.1, 0.15) is 11.6 Å². The Kier molecular flexibility index (Phi) is 3.55. The molecule has 3 heterocycles. The molecule has 1 aliphatic heterocycles. The molecule has 0 amide bonds. The number of hydrogen-bond acceptors (Lipinski definition) is 4. The number of hydrogen-bond donors (Lipinski definition) is 1. The molecule has 1 fully saturated rings. The number of aromatic nitrogens is 4. The molecular weight excluding hydrogens is 238 g/mol. The minimum absolute atomic E-state index is 0.520. The van der Waals surface area contributed by atoms with Crippen LogP contribution in [-0.2, 0) is 6.54 Å². The fourth-order valence-corrected chi connectivity index (χ4v) is 2.63. The van der Waals surface area contributed by atoms with Crippen molar-refractivity contribution in [1.82, 2.24) is 25.1 Å².